The van der Waals surface area contributed by atoms with Crippen molar-refractivity contribution in [3.05, 3.63) is 24.3 Å². The molecule has 0 radical (unpaired) electrons. The first-order valence-corrected chi connectivity index (χ1v) is 24.8. The van der Waals surface area contributed by atoms with Crippen molar-refractivity contribution in [1.82, 2.24) is 0 Å². The average Bonchev–Trinajstić information content (AvgIpc) is 3.18. The van der Waals surface area contributed by atoms with Gasteiger partial charge in [0, 0.05) is 19.4 Å². The number of ether oxygens (including phenoxy) is 2. The Hall–Kier alpha value is -1.51. The van der Waals surface area contributed by atoms with Gasteiger partial charge in [0.25, 0.3) is 0 Å². The van der Waals surface area contributed by atoms with Gasteiger partial charge in [-0.1, -0.05) is 173 Å². The number of unbranched alkanes of at least 4 members (excludes halogenated alkanes) is 27. The Kier molecular flexibility index (Phi) is 41.9. The second-order valence-electron chi connectivity index (χ2n) is 15.6. The summed E-state index contributed by atoms with van der Waals surface area (Å²) in [7, 11) is -4.38. The number of carbonyl (C=O) groups is 2. The zero-order valence-corrected chi connectivity index (χ0v) is 37.3. The van der Waals surface area contributed by atoms with Gasteiger partial charge in [-0.15, -0.1) is 0 Å². The number of phosphoric ester groups is 1. The number of hydrogen-bond acceptors (Lipinski definition) is 8. The molecule has 0 heterocycles. The minimum atomic E-state index is -4.38. The van der Waals surface area contributed by atoms with E-state index in [4.69, 9.17) is 24.3 Å². The van der Waals surface area contributed by atoms with E-state index in [0.29, 0.717) is 6.42 Å². The van der Waals surface area contributed by atoms with Gasteiger partial charge in [0.2, 0.25) is 0 Å². The number of esters is 2. The Morgan fingerprint density at radius 2 is 0.875 bits per heavy atom. The smallest absolute Gasteiger partial charge is 0.462 e. The molecule has 0 aromatic carbocycles. The van der Waals surface area contributed by atoms with Crippen LogP contribution in [0.3, 0.4) is 0 Å². The maximum Gasteiger partial charge on any atom is 0.472 e. The van der Waals surface area contributed by atoms with Crippen molar-refractivity contribution in [2.75, 3.05) is 26.4 Å². The van der Waals surface area contributed by atoms with E-state index in [2.05, 4.69) is 38.2 Å². The lowest BCUT2D eigenvalue weighted by molar-refractivity contribution is -0.161. The molecule has 0 aromatic heterocycles. The molecule has 1 unspecified atom stereocenters. The maximum absolute atomic E-state index is 12.6. The minimum Gasteiger partial charge on any atom is -0.462 e. The van der Waals surface area contributed by atoms with Gasteiger partial charge in [-0.25, -0.2) is 4.57 Å². The van der Waals surface area contributed by atoms with Crippen LogP contribution in [0.4, 0.5) is 0 Å². The van der Waals surface area contributed by atoms with Crippen molar-refractivity contribution < 1.29 is 37.6 Å². The molecule has 56 heavy (non-hydrogen) atoms. The van der Waals surface area contributed by atoms with Crippen LogP contribution in [0.1, 0.15) is 226 Å². The van der Waals surface area contributed by atoms with Crippen molar-refractivity contribution in [3.63, 3.8) is 0 Å². The second kappa shape index (κ2) is 43.1. The molecule has 0 aliphatic rings. The molecule has 0 bridgehead atoms. The summed E-state index contributed by atoms with van der Waals surface area (Å²) in [6.45, 7) is 3.74. The first kappa shape index (κ1) is 54.5. The number of nitrogens with two attached hydrogens (primary N) is 1. The van der Waals surface area contributed by atoms with Gasteiger partial charge in [-0.2, -0.15) is 0 Å². The van der Waals surface area contributed by atoms with Crippen LogP contribution in [0, 0.1) is 0 Å². The Bertz CT molecular complexity index is 975. The number of rotatable bonds is 44. The normalized spacial score (nSPS) is 13.4. The van der Waals surface area contributed by atoms with E-state index in [1.165, 1.54) is 128 Å². The SMILES string of the molecule is CCCCCCCCC/C=C\CCCCCCCC(=O)OC[C@H](COP(=O)(O)OCCN)OC(=O)CCCCCCCCC/C=C\CCCCCCCCCC. The Morgan fingerprint density at radius 3 is 1.27 bits per heavy atom. The summed E-state index contributed by atoms with van der Waals surface area (Å²) < 4.78 is 32.8. The highest BCUT2D eigenvalue weighted by molar-refractivity contribution is 7.47. The third-order valence-corrected chi connectivity index (χ3v) is 11.0. The van der Waals surface area contributed by atoms with Crippen molar-refractivity contribution in [1.29, 1.82) is 0 Å². The van der Waals surface area contributed by atoms with Gasteiger partial charge in [0.1, 0.15) is 6.61 Å². The lowest BCUT2D eigenvalue weighted by Crippen LogP contribution is -2.29. The van der Waals surface area contributed by atoms with E-state index in [9.17, 15) is 19.0 Å². The molecule has 0 fully saturated rings. The van der Waals surface area contributed by atoms with Crippen LogP contribution in [0.15, 0.2) is 24.3 Å². The molecule has 0 spiro atoms. The molecule has 330 valence electrons. The number of hydrogen-bond donors (Lipinski definition) is 2. The van der Waals surface area contributed by atoms with Crippen molar-refractivity contribution >= 4 is 19.8 Å². The third-order valence-electron chi connectivity index (χ3n) is 10.1. The van der Waals surface area contributed by atoms with E-state index in [0.717, 1.165) is 64.2 Å². The van der Waals surface area contributed by atoms with Gasteiger partial charge in [-0.05, 0) is 64.2 Å². The topological polar surface area (TPSA) is 134 Å². The summed E-state index contributed by atoms with van der Waals surface area (Å²) >= 11 is 0. The predicted molar refractivity (Wildman–Crippen MR) is 234 cm³/mol. The molecule has 10 heteroatoms. The van der Waals surface area contributed by atoms with E-state index in [1.54, 1.807) is 0 Å². The number of allylic oxidation sites excluding steroid dienone is 4. The monoisotopic (exact) mass is 814 g/mol. The molecule has 0 rings (SSSR count). The van der Waals surface area contributed by atoms with Crippen LogP contribution < -0.4 is 5.73 Å². The molecule has 9 nitrogen and oxygen atoms in total. The fraction of sp³-hybridized carbons (Fsp3) is 0.870. The Balaban J connectivity index is 4.11. The molecule has 0 aliphatic carbocycles. The Morgan fingerprint density at radius 1 is 0.518 bits per heavy atom. The molecule has 2 atom stereocenters. The Labute approximate surface area is 344 Å². The summed E-state index contributed by atoms with van der Waals surface area (Å²) in [5, 5.41) is 0. The first-order chi connectivity index (χ1) is 27.3. The van der Waals surface area contributed by atoms with E-state index in [-0.39, 0.29) is 38.6 Å². The fourth-order valence-electron chi connectivity index (χ4n) is 6.57. The minimum absolute atomic E-state index is 0.0527. The highest BCUT2D eigenvalue weighted by Gasteiger charge is 2.26. The highest BCUT2D eigenvalue weighted by atomic mass is 31.2. The van der Waals surface area contributed by atoms with Crippen LogP contribution >= 0.6 is 7.82 Å². The summed E-state index contributed by atoms with van der Waals surface area (Å²) in [5.41, 5.74) is 5.35. The summed E-state index contributed by atoms with van der Waals surface area (Å²) in [6, 6.07) is 0. The predicted octanol–water partition coefficient (Wildman–Crippen LogP) is 13.6. The summed E-state index contributed by atoms with van der Waals surface area (Å²) in [4.78, 5) is 34.9. The van der Waals surface area contributed by atoms with Gasteiger partial charge < -0.3 is 20.1 Å². The summed E-state index contributed by atoms with van der Waals surface area (Å²) in [6.07, 6.45) is 46.3. The number of carbonyl (C=O) groups excluding carboxylic acids is 2. The van der Waals surface area contributed by atoms with Gasteiger partial charge in [0.05, 0.1) is 13.2 Å². The van der Waals surface area contributed by atoms with E-state index in [1.807, 2.05) is 0 Å². The van der Waals surface area contributed by atoms with Crippen LogP contribution in [0.5, 0.6) is 0 Å². The number of phosphoric acid groups is 1. The molecular formula is C46H88NO8P. The largest absolute Gasteiger partial charge is 0.472 e. The van der Waals surface area contributed by atoms with Crippen LogP contribution in [-0.4, -0.2) is 49.3 Å². The van der Waals surface area contributed by atoms with Crippen LogP contribution in [0.25, 0.3) is 0 Å². The van der Waals surface area contributed by atoms with E-state index >= 15 is 0 Å². The molecule has 0 aromatic rings. The lowest BCUT2D eigenvalue weighted by atomic mass is 10.1. The maximum atomic E-state index is 12.6. The molecule has 0 aliphatic heterocycles. The third kappa shape index (κ3) is 42.1. The first-order valence-electron chi connectivity index (χ1n) is 23.3. The summed E-state index contributed by atoms with van der Waals surface area (Å²) in [5.74, 6) is -0.836. The van der Waals surface area contributed by atoms with Crippen molar-refractivity contribution in [3.8, 4) is 0 Å². The van der Waals surface area contributed by atoms with Crippen LogP contribution in [0.2, 0.25) is 0 Å². The van der Waals surface area contributed by atoms with Crippen molar-refractivity contribution in [2.24, 2.45) is 5.73 Å². The van der Waals surface area contributed by atoms with E-state index < -0.39 is 26.5 Å². The fourth-order valence-corrected chi connectivity index (χ4v) is 7.33. The average molecular weight is 814 g/mol. The van der Waals surface area contributed by atoms with Gasteiger partial charge in [-0.3, -0.25) is 18.6 Å². The van der Waals surface area contributed by atoms with Crippen LogP contribution in [-0.2, 0) is 32.7 Å². The van der Waals surface area contributed by atoms with Gasteiger partial charge >= 0.3 is 19.8 Å². The quantitative estimate of drug-likeness (QED) is 0.0267. The zero-order valence-electron chi connectivity index (χ0n) is 36.4. The molecular weight excluding hydrogens is 725 g/mol. The lowest BCUT2D eigenvalue weighted by Gasteiger charge is -2.19. The molecule has 0 amide bonds. The highest BCUT2D eigenvalue weighted by Crippen LogP contribution is 2.43. The second-order valence-corrected chi connectivity index (χ2v) is 17.1. The molecule has 0 saturated carbocycles. The van der Waals surface area contributed by atoms with Gasteiger partial charge in [0.15, 0.2) is 6.10 Å². The van der Waals surface area contributed by atoms with Crippen molar-refractivity contribution in [2.45, 2.75) is 232 Å². The standard InChI is InChI=1S/C46H88NO8P/c1-3-5-7-9-11-13-15-17-19-21-22-23-25-27-29-31-33-35-37-39-46(49)55-44(43-54-56(50,51)53-41-40-47)42-52-45(48)38-36-34-32-30-28-26-24-20-18-16-14-12-10-8-6-4-2/h20-22,24,44H,3-19,23,25-43,47H2,1-2H3,(H,50,51)/b22-21-,24-20-/t44-/m1/s1. The molecule has 3 N–H and O–H groups in total. The molecule has 0 saturated heterocycles. The zero-order chi connectivity index (χ0) is 41.1.